The van der Waals surface area contributed by atoms with Gasteiger partial charge in [0, 0.05) is 44.2 Å². The summed E-state index contributed by atoms with van der Waals surface area (Å²) in [5.74, 6) is 0.0944. The molecule has 0 saturated carbocycles. The summed E-state index contributed by atoms with van der Waals surface area (Å²) in [4.78, 5) is 35.0. The summed E-state index contributed by atoms with van der Waals surface area (Å²) in [5, 5.41) is 14.8. The summed E-state index contributed by atoms with van der Waals surface area (Å²) >= 11 is 0. The number of anilines is 2. The molecule has 0 aliphatic carbocycles. The van der Waals surface area contributed by atoms with E-state index < -0.39 is 5.92 Å². The number of hydrogen-bond acceptors (Lipinski definition) is 8. The topological polar surface area (TPSA) is 115 Å². The lowest BCUT2D eigenvalue weighted by molar-refractivity contribution is -0.137. The second-order valence-corrected chi connectivity index (χ2v) is 9.83. The highest BCUT2D eigenvalue weighted by Gasteiger charge is 2.46. The minimum absolute atomic E-state index is 0.211. The molecule has 6 rings (SSSR count). The van der Waals surface area contributed by atoms with Gasteiger partial charge in [0.05, 0.1) is 30.7 Å². The summed E-state index contributed by atoms with van der Waals surface area (Å²) in [7, 11) is 3.24. The number of benzene rings is 3. The number of amides is 2. The molecule has 0 saturated heterocycles. The molecule has 0 spiro atoms. The number of oxazole rings is 1. The van der Waals surface area contributed by atoms with Gasteiger partial charge in [-0.15, -0.1) is 0 Å². The standard InChI is InChI=1S/C30H26N6O4/c1-18-33-24-10-8-21(12-27(24)40-18)34(2)28(37)17-36-30(38)29-23-13-22(39-3)9-11-25(23)35(26(29)15-32-36)16-20-6-4-19(14-31)5-7-20/h4-13,15,26,29H,16-17H2,1-3H3. The average Bonchev–Trinajstić information content (AvgIpc) is 3.50. The highest BCUT2D eigenvalue weighted by molar-refractivity contribution is 6.02. The van der Waals surface area contributed by atoms with E-state index in [0.29, 0.717) is 40.5 Å². The fourth-order valence-corrected chi connectivity index (χ4v) is 5.31. The van der Waals surface area contributed by atoms with Crippen LogP contribution in [0.15, 0.2) is 70.2 Å². The van der Waals surface area contributed by atoms with Crippen LogP contribution in [0.3, 0.4) is 0 Å². The highest BCUT2D eigenvalue weighted by Crippen LogP contribution is 2.45. The van der Waals surface area contributed by atoms with E-state index in [4.69, 9.17) is 14.4 Å². The molecule has 3 aromatic carbocycles. The van der Waals surface area contributed by atoms with Crippen LogP contribution in [0.1, 0.15) is 28.5 Å². The Labute approximate surface area is 230 Å². The summed E-state index contributed by atoms with van der Waals surface area (Å²) in [6.45, 7) is 2.08. The number of aryl methyl sites for hydroxylation is 1. The number of carbonyl (C=O) groups is 2. The third-order valence-electron chi connectivity index (χ3n) is 7.42. The third-order valence-corrected chi connectivity index (χ3v) is 7.42. The van der Waals surface area contributed by atoms with Crippen LogP contribution >= 0.6 is 0 Å². The van der Waals surface area contributed by atoms with E-state index in [9.17, 15) is 9.59 Å². The molecule has 2 amide bonds. The molecule has 1 aromatic heterocycles. The molecule has 4 aromatic rings. The summed E-state index contributed by atoms with van der Waals surface area (Å²) in [6, 6.07) is 20.2. The molecule has 2 aliphatic rings. The zero-order valence-corrected chi connectivity index (χ0v) is 22.2. The number of fused-ring (bicyclic) bond motifs is 4. The Hall–Kier alpha value is -5.17. The van der Waals surface area contributed by atoms with Crippen molar-refractivity contribution < 1.29 is 18.7 Å². The van der Waals surface area contributed by atoms with Crippen molar-refractivity contribution in [2.75, 3.05) is 30.5 Å². The van der Waals surface area contributed by atoms with Crippen LogP contribution in [0.5, 0.6) is 5.75 Å². The Balaban J connectivity index is 1.26. The van der Waals surface area contributed by atoms with Gasteiger partial charge in [0.25, 0.3) is 5.91 Å². The minimum Gasteiger partial charge on any atom is -0.497 e. The van der Waals surface area contributed by atoms with E-state index in [-0.39, 0.29) is 24.4 Å². The van der Waals surface area contributed by atoms with Crippen LogP contribution in [0.25, 0.3) is 11.1 Å². The van der Waals surface area contributed by atoms with Gasteiger partial charge in [0.2, 0.25) is 5.91 Å². The van der Waals surface area contributed by atoms with Crippen LogP contribution < -0.4 is 14.5 Å². The molecule has 3 heterocycles. The quantitative estimate of drug-likeness (QED) is 0.367. The van der Waals surface area contributed by atoms with E-state index in [1.807, 2.05) is 30.3 Å². The summed E-state index contributed by atoms with van der Waals surface area (Å²) in [5.41, 5.74) is 5.24. The minimum atomic E-state index is -0.549. The number of methoxy groups -OCH3 is 1. The number of carbonyl (C=O) groups excluding carboxylic acids is 2. The van der Waals surface area contributed by atoms with Gasteiger partial charge >= 0.3 is 0 Å². The first-order chi connectivity index (χ1) is 19.4. The molecule has 2 atom stereocenters. The third kappa shape index (κ3) is 4.31. The number of nitrogens with zero attached hydrogens (tertiary/aromatic N) is 6. The van der Waals surface area contributed by atoms with Gasteiger partial charge in [0.15, 0.2) is 11.5 Å². The Morgan fingerprint density at radius 1 is 1.15 bits per heavy atom. The maximum Gasteiger partial charge on any atom is 0.253 e. The van der Waals surface area contributed by atoms with Gasteiger partial charge in [-0.25, -0.2) is 9.99 Å². The van der Waals surface area contributed by atoms with Crippen molar-refractivity contribution in [1.82, 2.24) is 9.99 Å². The Kier molecular flexibility index (Phi) is 6.19. The van der Waals surface area contributed by atoms with Gasteiger partial charge in [0.1, 0.15) is 17.8 Å². The summed E-state index contributed by atoms with van der Waals surface area (Å²) < 4.78 is 11.1. The van der Waals surface area contributed by atoms with Crippen LogP contribution in [-0.4, -0.2) is 54.8 Å². The van der Waals surface area contributed by atoms with Gasteiger partial charge in [-0.3, -0.25) is 9.59 Å². The van der Waals surface area contributed by atoms with Crippen molar-refractivity contribution in [1.29, 1.82) is 5.26 Å². The predicted octanol–water partition coefficient (Wildman–Crippen LogP) is 3.98. The number of hydrazone groups is 1. The van der Waals surface area contributed by atoms with Crippen molar-refractivity contribution in [3.8, 4) is 11.8 Å². The molecule has 0 bridgehead atoms. The second-order valence-electron chi connectivity index (χ2n) is 9.83. The number of hydrogen-bond donors (Lipinski definition) is 0. The van der Waals surface area contributed by atoms with E-state index in [1.165, 1.54) is 9.91 Å². The first kappa shape index (κ1) is 25.1. The maximum absolute atomic E-state index is 13.8. The van der Waals surface area contributed by atoms with Crippen molar-refractivity contribution in [2.24, 2.45) is 5.10 Å². The highest BCUT2D eigenvalue weighted by atomic mass is 16.5. The summed E-state index contributed by atoms with van der Waals surface area (Å²) in [6.07, 6.45) is 1.73. The molecule has 40 heavy (non-hydrogen) atoms. The van der Waals surface area contributed by atoms with Crippen molar-refractivity contribution in [3.05, 3.63) is 83.2 Å². The lowest BCUT2D eigenvalue weighted by atomic mass is 9.93. The van der Waals surface area contributed by atoms with Crippen LogP contribution in [0.2, 0.25) is 0 Å². The average molecular weight is 535 g/mol. The number of rotatable bonds is 6. The van der Waals surface area contributed by atoms with Crippen molar-refractivity contribution in [2.45, 2.75) is 25.4 Å². The fourth-order valence-electron chi connectivity index (χ4n) is 5.31. The van der Waals surface area contributed by atoms with Crippen molar-refractivity contribution >= 4 is 40.5 Å². The fraction of sp³-hybridized carbons (Fsp3) is 0.233. The lowest BCUT2D eigenvalue weighted by Gasteiger charge is -2.33. The molecule has 200 valence electrons. The predicted molar refractivity (Wildman–Crippen MR) is 149 cm³/mol. The zero-order valence-electron chi connectivity index (χ0n) is 22.2. The molecule has 10 heteroatoms. The molecule has 0 fully saturated rings. The molecule has 2 aliphatic heterocycles. The molecule has 2 unspecified atom stereocenters. The molecule has 0 N–H and O–H groups in total. The normalized spacial score (nSPS) is 17.5. The van der Waals surface area contributed by atoms with Gasteiger partial charge in [-0.05, 0) is 53.6 Å². The number of ether oxygens (including phenoxy) is 1. The van der Waals surface area contributed by atoms with E-state index in [2.05, 4.69) is 21.1 Å². The number of likely N-dealkylation sites (N-methyl/N-ethyl adjacent to an activating group) is 1. The largest absolute Gasteiger partial charge is 0.497 e. The SMILES string of the molecule is COc1ccc2c(c1)C1C(=O)N(CC(=O)N(C)c3ccc4nc(C)oc4c3)N=CC1N2Cc1ccc(C#N)cc1. The Morgan fingerprint density at radius 3 is 2.70 bits per heavy atom. The molecule has 10 nitrogen and oxygen atoms in total. The number of aromatic nitrogens is 1. The first-order valence-corrected chi connectivity index (χ1v) is 12.8. The maximum atomic E-state index is 13.8. The van der Waals surface area contributed by atoms with E-state index in [0.717, 1.165) is 16.8 Å². The van der Waals surface area contributed by atoms with Gasteiger partial charge in [-0.2, -0.15) is 10.4 Å². The van der Waals surface area contributed by atoms with E-state index >= 15 is 0 Å². The van der Waals surface area contributed by atoms with Crippen LogP contribution in [0.4, 0.5) is 11.4 Å². The van der Waals surface area contributed by atoms with Gasteiger partial charge in [-0.1, -0.05) is 12.1 Å². The first-order valence-electron chi connectivity index (χ1n) is 12.8. The molecular formula is C30H26N6O4. The lowest BCUT2D eigenvalue weighted by Crippen LogP contribution is -2.48. The second kappa shape index (κ2) is 9.85. The van der Waals surface area contributed by atoms with Crippen LogP contribution in [-0.2, 0) is 16.1 Å². The Morgan fingerprint density at radius 2 is 1.95 bits per heavy atom. The van der Waals surface area contributed by atoms with Crippen molar-refractivity contribution in [3.63, 3.8) is 0 Å². The Bertz CT molecular complexity index is 1700. The van der Waals surface area contributed by atoms with E-state index in [1.54, 1.807) is 57.6 Å². The smallest absolute Gasteiger partial charge is 0.253 e. The molecular weight excluding hydrogens is 508 g/mol. The number of nitriles is 1. The van der Waals surface area contributed by atoms with Gasteiger partial charge < -0.3 is 19.0 Å². The van der Waals surface area contributed by atoms with Crippen LogP contribution in [0, 0.1) is 18.3 Å². The monoisotopic (exact) mass is 534 g/mol. The molecule has 0 radical (unpaired) electrons. The zero-order chi connectivity index (χ0) is 28.0.